The zero-order valence-corrected chi connectivity index (χ0v) is 12.9. The maximum Gasteiger partial charge on any atom is 0.272 e. The lowest BCUT2D eigenvalue weighted by molar-refractivity contribution is 0.0779. The predicted octanol–water partition coefficient (Wildman–Crippen LogP) is 4.31. The van der Waals surface area contributed by atoms with Gasteiger partial charge in [-0.25, -0.2) is 4.98 Å². The third kappa shape index (κ3) is 3.42. The second-order valence-electron chi connectivity index (χ2n) is 4.22. The topological polar surface area (TPSA) is 33.2 Å². The third-order valence-electron chi connectivity index (χ3n) is 2.72. The molecule has 0 unspecified atom stereocenters. The van der Waals surface area contributed by atoms with Crippen molar-refractivity contribution in [2.45, 2.75) is 6.54 Å². The lowest BCUT2D eigenvalue weighted by Crippen LogP contribution is -2.27. The van der Waals surface area contributed by atoms with Gasteiger partial charge in [0, 0.05) is 13.6 Å². The van der Waals surface area contributed by atoms with Crippen molar-refractivity contribution in [2.24, 2.45) is 0 Å². The summed E-state index contributed by atoms with van der Waals surface area (Å²) in [4.78, 5) is 17.7. The number of carbonyl (C=O) groups excluding carboxylic acids is 1. The SMILES string of the molecule is CN(Cc1cccc(Cl)c1Cl)C(=O)c1cccc(Cl)n1. The molecule has 2 rings (SSSR count). The summed E-state index contributed by atoms with van der Waals surface area (Å²) in [5.41, 5.74) is 1.06. The van der Waals surface area contributed by atoms with Crippen molar-refractivity contribution in [3.8, 4) is 0 Å². The summed E-state index contributed by atoms with van der Waals surface area (Å²) >= 11 is 17.8. The van der Waals surface area contributed by atoms with Crippen LogP contribution in [-0.4, -0.2) is 22.8 Å². The van der Waals surface area contributed by atoms with E-state index < -0.39 is 0 Å². The van der Waals surface area contributed by atoms with Gasteiger partial charge in [-0.2, -0.15) is 0 Å². The van der Waals surface area contributed by atoms with E-state index in [1.54, 1.807) is 37.4 Å². The summed E-state index contributed by atoms with van der Waals surface area (Å²) in [6.45, 7) is 0.340. The number of halogens is 3. The lowest BCUT2D eigenvalue weighted by atomic mass is 10.2. The maximum absolute atomic E-state index is 12.2. The van der Waals surface area contributed by atoms with Crippen LogP contribution in [0.5, 0.6) is 0 Å². The monoisotopic (exact) mass is 328 g/mol. The molecule has 3 nitrogen and oxygen atoms in total. The van der Waals surface area contributed by atoms with Gasteiger partial charge >= 0.3 is 0 Å². The smallest absolute Gasteiger partial charge is 0.272 e. The first-order chi connectivity index (χ1) is 9.49. The van der Waals surface area contributed by atoms with E-state index in [-0.39, 0.29) is 16.8 Å². The summed E-state index contributed by atoms with van der Waals surface area (Å²) < 4.78 is 0. The number of amides is 1. The number of pyridine rings is 1. The molecule has 2 aromatic rings. The summed E-state index contributed by atoms with van der Waals surface area (Å²) in [7, 11) is 1.67. The summed E-state index contributed by atoms with van der Waals surface area (Å²) in [6.07, 6.45) is 0. The Kier molecular flexibility index (Phi) is 4.86. The molecule has 6 heteroatoms. The van der Waals surface area contributed by atoms with Gasteiger partial charge in [-0.15, -0.1) is 0 Å². The largest absolute Gasteiger partial charge is 0.336 e. The molecule has 1 amide bonds. The normalized spacial score (nSPS) is 10.4. The van der Waals surface area contributed by atoms with Crippen LogP contribution in [0.4, 0.5) is 0 Å². The van der Waals surface area contributed by atoms with Crippen LogP contribution in [0.3, 0.4) is 0 Å². The highest BCUT2D eigenvalue weighted by atomic mass is 35.5. The minimum absolute atomic E-state index is 0.233. The fourth-order valence-corrected chi connectivity index (χ4v) is 2.26. The van der Waals surface area contributed by atoms with Crippen molar-refractivity contribution < 1.29 is 4.79 Å². The Morgan fingerprint density at radius 1 is 1.15 bits per heavy atom. The predicted molar refractivity (Wildman–Crippen MR) is 81.5 cm³/mol. The quantitative estimate of drug-likeness (QED) is 0.786. The van der Waals surface area contributed by atoms with E-state index in [2.05, 4.69) is 4.98 Å². The molecular formula is C14H11Cl3N2O. The van der Waals surface area contributed by atoms with Gasteiger partial charge in [0.05, 0.1) is 10.0 Å². The van der Waals surface area contributed by atoms with Crippen LogP contribution in [0.15, 0.2) is 36.4 Å². The molecule has 0 fully saturated rings. The van der Waals surface area contributed by atoms with Crippen LogP contribution >= 0.6 is 34.8 Å². The Labute approximate surface area is 132 Å². The van der Waals surface area contributed by atoms with E-state index in [1.165, 1.54) is 4.90 Å². The van der Waals surface area contributed by atoms with Gasteiger partial charge in [-0.1, -0.05) is 53.0 Å². The molecule has 1 heterocycles. The molecule has 0 spiro atoms. The number of benzene rings is 1. The lowest BCUT2D eigenvalue weighted by Gasteiger charge is -2.18. The molecule has 20 heavy (non-hydrogen) atoms. The summed E-state index contributed by atoms with van der Waals surface area (Å²) in [6, 6.07) is 10.2. The minimum Gasteiger partial charge on any atom is -0.336 e. The van der Waals surface area contributed by atoms with Gasteiger partial charge in [0.15, 0.2) is 0 Å². The van der Waals surface area contributed by atoms with Gasteiger partial charge < -0.3 is 4.90 Å². The molecule has 0 aliphatic heterocycles. The average molecular weight is 330 g/mol. The zero-order valence-electron chi connectivity index (χ0n) is 10.6. The fraction of sp³-hybridized carbons (Fsp3) is 0.143. The van der Waals surface area contributed by atoms with E-state index in [9.17, 15) is 4.79 Å². The van der Waals surface area contributed by atoms with Crippen LogP contribution in [-0.2, 0) is 6.54 Å². The Morgan fingerprint density at radius 2 is 1.85 bits per heavy atom. The van der Waals surface area contributed by atoms with Crippen LogP contribution in [0.1, 0.15) is 16.1 Å². The van der Waals surface area contributed by atoms with E-state index in [0.29, 0.717) is 16.6 Å². The molecule has 0 aliphatic carbocycles. The number of hydrogen-bond acceptors (Lipinski definition) is 2. The van der Waals surface area contributed by atoms with E-state index in [1.807, 2.05) is 6.07 Å². The Balaban J connectivity index is 2.18. The van der Waals surface area contributed by atoms with Crippen molar-refractivity contribution in [1.82, 2.24) is 9.88 Å². The first-order valence-electron chi connectivity index (χ1n) is 5.80. The number of hydrogen-bond donors (Lipinski definition) is 0. The van der Waals surface area contributed by atoms with Crippen molar-refractivity contribution in [3.05, 3.63) is 62.9 Å². The fourth-order valence-electron chi connectivity index (χ4n) is 1.72. The average Bonchev–Trinajstić information content (AvgIpc) is 2.43. The summed E-state index contributed by atoms with van der Waals surface area (Å²) in [5, 5.41) is 1.20. The molecule has 0 N–H and O–H groups in total. The molecule has 0 aliphatic rings. The van der Waals surface area contributed by atoms with Crippen molar-refractivity contribution >= 4 is 40.7 Å². The molecule has 1 aromatic heterocycles. The molecule has 1 aromatic carbocycles. The summed E-state index contributed by atoms with van der Waals surface area (Å²) in [5.74, 6) is -0.233. The van der Waals surface area contributed by atoms with Crippen molar-refractivity contribution in [1.29, 1.82) is 0 Å². The highest BCUT2D eigenvalue weighted by Crippen LogP contribution is 2.26. The van der Waals surface area contributed by atoms with Gasteiger partial charge in [0.25, 0.3) is 5.91 Å². The molecule has 0 bridgehead atoms. The third-order valence-corrected chi connectivity index (χ3v) is 3.79. The second kappa shape index (κ2) is 6.44. The number of aromatic nitrogens is 1. The van der Waals surface area contributed by atoms with Crippen LogP contribution in [0.2, 0.25) is 15.2 Å². The van der Waals surface area contributed by atoms with E-state index >= 15 is 0 Å². The van der Waals surface area contributed by atoms with E-state index in [0.717, 1.165) is 5.56 Å². The maximum atomic E-state index is 12.2. The first kappa shape index (κ1) is 15.1. The van der Waals surface area contributed by atoms with Crippen molar-refractivity contribution in [2.75, 3.05) is 7.05 Å². The zero-order chi connectivity index (χ0) is 14.7. The molecular weight excluding hydrogens is 319 g/mol. The first-order valence-corrected chi connectivity index (χ1v) is 6.93. The van der Waals surface area contributed by atoms with Gasteiger partial charge in [-0.3, -0.25) is 4.79 Å². The molecule has 0 saturated heterocycles. The van der Waals surface area contributed by atoms with Crippen molar-refractivity contribution in [3.63, 3.8) is 0 Å². The van der Waals surface area contributed by atoms with Gasteiger partial charge in [0.2, 0.25) is 0 Å². The number of rotatable bonds is 3. The standard InChI is InChI=1S/C14H11Cl3N2O/c1-19(8-9-4-2-5-10(15)13(9)17)14(20)11-6-3-7-12(16)18-11/h2-7H,8H2,1H3. The number of nitrogens with zero attached hydrogens (tertiary/aromatic N) is 2. The molecule has 0 atom stereocenters. The highest BCUT2D eigenvalue weighted by molar-refractivity contribution is 6.42. The van der Waals surface area contributed by atoms with Crippen LogP contribution in [0, 0.1) is 0 Å². The van der Waals surface area contributed by atoms with E-state index in [4.69, 9.17) is 34.8 Å². The number of carbonyl (C=O) groups is 1. The van der Waals surface area contributed by atoms with Gasteiger partial charge in [-0.05, 0) is 23.8 Å². The van der Waals surface area contributed by atoms with Crippen LogP contribution < -0.4 is 0 Å². The Morgan fingerprint density at radius 3 is 2.55 bits per heavy atom. The Bertz CT molecular complexity index is 646. The van der Waals surface area contributed by atoms with Gasteiger partial charge in [0.1, 0.15) is 10.8 Å². The molecule has 104 valence electrons. The Hall–Kier alpha value is -1.29. The van der Waals surface area contributed by atoms with Crippen LogP contribution in [0.25, 0.3) is 0 Å². The highest BCUT2D eigenvalue weighted by Gasteiger charge is 2.15. The molecule has 0 saturated carbocycles. The minimum atomic E-state index is -0.233. The molecule has 0 radical (unpaired) electrons. The second-order valence-corrected chi connectivity index (χ2v) is 5.39.